The van der Waals surface area contributed by atoms with E-state index < -0.39 is 18.5 Å². The van der Waals surface area contributed by atoms with Gasteiger partial charge in [0.1, 0.15) is 0 Å². The van der Waals surface area contributed by atoms with Crippen LogP contribution in [-0.2, 0) is 6.54 Å². The molecule has 0 aliphatic carbocycles. The van der Waals surface area contributed by atoms with Crippen molar-refractivity contribution in [1.82, 2.24) is 15.5 Å². The molecule has 2 rings (SSSR count). The first kappa shape index (κ1) is 27.7. The average Bonchev–Trinajstić information content (AvgIpc) is 2.68. The van der Waals surface area contributed by atoms with E-state index in [2.05, 4.69) is 15.6 Å². The summed E-state index contributed by atoms with van der Waals surface area (Å²) in [7, 11) is 0. The van der Waals surface area contributed by atoms with Gasteiger partial charge in [0.05, 0.1) is 19.7 Å². The predicted octanol–water partition coefficient (Wildman–Crippen LogP) is 4.56. The number of likely N-dealkylation sites (tertiary alicyclic amines) is 1. The minimum absolute atomic E-state index is 0. The molecule has 0 unspecified atom stereocenters. The van der Waals surface area contributed by atoms with Gasteiger partial charge in [-0.25, -0.2) is 9.38 Å². The highest BCUT2D eigenvalue weighted by atomic mass is 127. The van der Waals surface area contributed by atoms with E-state index in [4.69, 9.17) is 4.74 Å². The Bertz CT molecular complexity index is 680. The summed E-state index contributed by atoms with van der Waals surface area (Å²) in [4.78, 5) is 5.97. The van der Waals surface area contributed by atoms with Crippen LogP contribution in [0.5, 0.6) is 5.75 Å². The molecule has 5 nitrogen and oxygen atoms in total. The summed E-state index contributed by atoms with van der Waals surface area (Å²) in [5.74, 6) is 0.877. The minimum atomic E-state index is -4.13. The number of guanidine groups is 1. The zero-order valence-corrected chi connectivity index (χ0v) is 20.4. The van der Waals surface area contributed by atoms with Gasteiger partial charge in [-0.3, -0.25) is 4.90 Å². The zero-order valence-electron chi connectivity index (χ0n) is 18.1. The minimum Gasteiger partial charge on any atom is -0.491 e. The van der Waals surface area contributed by atoms with Crippen LogP contribution in [0.15, 0.2) is 23.2 Å². The molecule has 1 saturated heterocycles. The number of rotatable bonds is 9. The van der Waals surface area contributed by atoms with Crippen LogP contribution in [0.3, 0.4) is 0 Å². The van der Waals surface area contributed by atoms with E-state index in [0.29, 0.717) is 51.2 Å². The fraction of sp³-hybridized carbons (Fsp3) is 0.667. The van der Waals surface area contributed by atoms with Crippen molar-refractivity contribution in [3.05, 3.63) is 29.6 Å². The van der Waals surface area contributed by atoms with Crippen LogP contribution in [0.2, 0.25) is 0 Å². The molecular weight excluding hydrogens is 527 g/mol. The topological polar surface area (TPSA) is 48.9 Å². The maximum absolute atomic E-state index is 14.0. The number of hydrogen-bond donors (Lipinski definition) is 2. The van der Waals surface area contributed by atoms with E-state index in [1.54, 1.807) is 19.1 Å². The molecule has 0 amide bonds. The summed E-state index contributed by atoms with van der Waals surface area (Å²) in [6.07, 6.45) is -1.70. The Morgan fingerprint density at radius 2 is 1.90 bits per heavy atom. The van der Waals surface area contributed by atoms with Crippen molar-refractivity contribution < 1.29 is 22.3 Å². The molecule has 0 bridgehead atoms. The van der Waals surface area contributed by atoms with Crippen LogP contribution in [0.1, 0.15) is 38.7 Å². The first-order valence-electron chi connectivity index (χ1n) is 10.5. The number of ether oxygens (including phenoxy) is 1. The van der Waals surface area contributed by atoms with Gasteiger partial charge in [-0.15, -0.1) is 24.0 Å². The average molecular weight is 560 g/mol. The molecule has 1 fully saturated rings. The first-order chi connectivity index (χ1) is 14.3. The maximum Gasteiger partial charge on any atom is 0.401 e. The number of benzene rings is 1. The summed E-state index contributed by atoms with van der Waals surface area (Å²) in [6, 6.07) is 4.82. The number of hydrogen-bond acceptors (Lipinski definition) is 3. The number of piperidine rings is 1. The van der Waals surface area contributed by atoms with Crippen molar-refractivity contribution in [3.63, 3.8) is 0 Å². The van der Waals surface area contributed by atoms with Gasteiger partial charge in [0, 0.05) is 13.1 Å². The number of nitrogens with zero attached hydrogens (tertiary/aromatic N) is 2. The van der Waals surface area contributed by atoms with Crippen LogP contribution in [0.25, 0.3) is 0 Å². The Morgan fingerprint density at radius 3 is 2.48 bits per heavy atom. The molecule has 1 aliphatic heterocycles. The van der Waals surface area contributed by atoms with Crippen molar-refractivity contribution in [2.45, 2.75) is 45.8 Å². The highest BCUT2D eigenvalue weighted by Gasteiger charge is 2.32. The first-order valence-corrected chi connectivity index (χ1v) is 10.5. The van der Waals surface area contributed by atoms with Crippen LogP contribution < -0.4 is 15.4 Å². The van der Waals surface area contributed by atoms with Crippen molar-refractivity contribution >= 4 is 29.9 Å². The molecule has 178 valence electrons. The molecule has 31 heavy (non-hydrogen) atoms. The molecule has 1 aliphatic rings. The number of aliphatic imine (C=N–C) groups is 1. The van der Waals surface area contributed by atoms with Crippen molar-refractivity contribution in [3.8, 4) is 5.75 Å². The molecule has 0 saturated carbocycles. The van der Waals surface area contributed by atoms with E-state index in [1.165, 1.54) is 11.0 Å². The number of alkyl halides is 3. The van der Waals surface area contributed by atoms with Crippen LogP contribution in [0, 0.1) is 11.7 Å². The molecule has 1 aromatic rings. The second kappa shape index (κ2) is 14.0. The normalized spacial score (nSPS) is 16.0. The third-order valence-corrected chi connectivity index (χ3v) is 5.02. The highest BCUT2D eigenvalue weighted by Crippen LogP contribution is 2.24. The van der Waals surface area contributed by atoms with Gasteiger partial charge in [0.2, 0.25) is 0 Å². The lowest BCUT2D eigenvalue weighted by Crippen LogP contribution is -2.41. The predicted molar refractivity (Wildman–Crippen MR) is 126 cm³/mol. The van der Waals surface area contributed by atoms with E-state index >= 15 is 0 Å². The van der Waals surface area contributed by atoms with Gasteiger partial charge in [0.25, 0.3) is 0 Å². The lowest BCUT2D eigenvalue weighted by Gasteiger charge is -2.32. The molecule has 1 heterocycles. The van der Waals surface area contributed by atoms with Crippen LogP contribution in [-0.4, -0.2) is 56.4 Å². The van der Waals surface area contributed by atoms with Crippen LogP contribution >= 0.6 is 24.0 Å². The van der Waals surface area contributed by atoms with Gasteiger partial charge < -0.3 is 15.4 Å². The maximum atomic E-state index is 14.0. The Labute approximate surface area is 199 Å². The van der Waals surface area contributed by atoms with E-state index in [0.717, 1.165) is 24.8 Å². The largest absolute Gasteiger partial charge is 0.491 e. The summed E-state index contributed by atoms with van der Waals surface area (Å²) in [5, 5.41) is 6.42. The molecular formula is C21H33F4IN4O. The second-order valence-electron chi connectivity index (χ2n) is 7.44. The standard InChI is InChI=1S/C21H32F4N4O.HI/c1-3-26-20(28-14-17-5-6-19(30-4-2)18(22)13-17)27-10-7-16-8-11-29(12-9-16)15-21(23,24)25;/h5-6,13,16H,3-4,7-12,14-15H2,1-2H3,(H2,26,27,28);1H. The number of nitrogens with one attached hydrogen (secondary N) is 2. The summed E-state index contributed by atoms with van der Waals surface area (Å²) >= 11 is 0. The van der Waals surface area contributed by atoms with Crippen molar-refractivity contribution in [1.29, 1.82) is 0 Å². The third kappa shape index (κ3) is 10.7. The van der Waals surface area contributed by atoms with Crippen LogP contribution in [0.4, 0.5) is 17.6 Å². The molecule has 1 aromatic carbocycles. The summed E-state index contributed by atoms with van der Waals surface area (Å²) in [6.45, 7) is 6.04. The third-order valence-electron chi connectivity index (χ3n) is 5.02. The quantitative estimate of drug-likeness (QED) is 0.201. The van der Waals surface area contributed by atoms with Crippen molar-refractivity contribution in [2.24, 2.45) is 10.9 Å². The fourth-order valence-corrected chi connectivity index (χ4v) is 3.51. The monoisotopic (exact) mass is 560 g/mol. The van der Waals surface area contributed by atoms with Gasteiger partial charge in [-0.2, -0.15) is 13.2 Å². The van der Waals surface area contributed by atoms with Gasteiger partial charge in [0.15, 0.2) is 17.5 Å². The van der Waals surface area contributed by atoms with Gasteiger partial charge in [-0.1, -0.05) is 6.07 Å². The van der Waals surface area contributed by atoms with E-state index in [1.807, 2.05) is 6.92 Å². The number of halogens is 5. The molecule has 0 atom stereocenters. The second-order valence-corrected chi connectivity index (χ2v) is 7.44. The fourth-order valence-electron chi connectivity index (χ4n) is 3.51. The Kier molecular flexibility index (Phi) is 12.5. The van der Waals surface area contributed by atoms with Crippen molar-refractivity contribution in [2.75, 3.05) is 39.3 Å². The summed E-state index contributed by atoms with van der Waals surface area (Å²) in [5.41, 5.74) is 0.741. The summed E-state index contributed by atoms with van der Waals surface area (Å²) < 4.78 is 56.6. The molecule has 2 N–H and O–H groups in total. The molecule has 0 radical (unpaired) electrons. The SMILES string of the molecule is CCNC(=NCc1ccc(OCC)c(F)c1)NCCC1CCN(CC(F)(F)F)CC1.I. The Balaban J connectivity index is 0.00000480. The van der Waals surface area contributed by atoms with Gasteiger partial charge in [-0.05, 0) is 69.8 Å². The molecule has 0 spiro atoms. The highest BCUT2D eigenvalue weighted by molar-refractivity contribution is 14.0. The van der Waals surface area contributed by atoms with Gasteiger partial charge >= 0.3 is 6.18 Å². The molecule has 0 aromatic heterocycles. The Hall–Kier alpha value is -1.30. The van der Waals surface area contributed by atoms with E-state index in [9.17, 15) is 17.6 Å². The lowest BCUT2D eigenvalue weighted by atomic mass is 9.93. The van der Waals surface area contributed by atoms with E-state index in [-0.39, 0.29) is 29.7 Å². The smallest absolute Gasteiger partial charge is 0.401 e. The lowest BCUT2D eigenvalue weighted by molar-refractivity contribution is -0.148. The zero-order chi connectivity index (χ0) is 22.0. The Morgan fingerprint density at radius 1 is 1.19 bits per heavy atom. The molecule has 10 heteroatoms.